The highest BCUT2D eigenvalue weighted by atomic mass is 28.3. The summed E-state index contributed by atoms with van der Waals surface area (Å²) in [6.45, 7) is 0. The molecule has 0 spiro atoms. The highest BCUT2D eigenvalue weighted by molar-refractivity contribution is 7.22. The summed E-state index contributed by atoms with van der Waals surface area (Å²) in [5.74, 6) is 0. The van der Waals surface area contributed by atoms with Gasteiger partial charge >= 0.3 is 0 Å². The molecule has 1 aliphatic heterocycles. The lowest BCUT2D eigenvalue weighted by Gasteiger charge is -2.45. The molecule has 0 radical (unpaired) electrons. The number of hydrogen-bond acceptors (Lipinski definition) is 3. The Bertz CT molecular complexity index is 3750. The summed E-state index contributed by atoms with van der Waals surface area (Å²) in [4.78, 5) is 12.7. The largest absolute Gasteiger partial charge is 0.311 e. The van der Waals surface area contributed by atoms with Crippen LogP contribution in [0.15, 0.2) is 279 Å². The van der Waals surface area contributed by atoms with E-state index in [4.69, 9.17) is 9.97 Å². The minimum atomic E-state index is -3.11. The first kappa shape index (κ1) is 41.5. The molecule has 4 heterocycles. The monoisotopic (exact) mass is 926 g/mol. The lowest BCUT2D eigenvalue weighted by atomic mass is 10.1. The fourth-order valence-electron chi connectivity index (χ4n) is 11.7. The third kappa shape index (κ3) is 6.34. The number of anilines is 3. The Morgan fingerprint density at radius 1 is 0.386 bits per heavy atom. The molecule has 70 heavy (non-hydrogen) atoms. The van der Waals surface area contributed by atoms with Crippen molar-refractivity contribution < 1.29 is 0 Å². The Balaban J connectivity index is 1.14. The maximum Gasteiger partial charge on any atom is 0.184 e. The average molecular weight is 927 g/mol. The molecule has 12 aromatic rings. The van der Waals surface area contributed by atoms with Crippen molar-refractivity contribution in [2.75, 3.05) is 4.90 Å². The van der Waals surface area contributed by atoms with Gasteiger partial charge in [0.1, 0.15) is 5.65 Å². The van der Waals surface area contributed by atoms with Crippen LogP contribution in [0, 0.1) is 0 Å². The van der Waals surface area contributed by atoms with Crippen molar-refractivity contribution in [2.24, 2.45) is 0 Å². The highest BCUT2D eigenvalue weighted by Crippen LogP contribution is 2.42. The number of rotatable bonds is 9. The molecule has 0 amide bonds. The van der Waals surface area contributed by atoms with Crippen molar-refractivity contribution in [2.45, 2.75) is 0 Å². The van der Waals surface area contributed by atoms with Crippen molar-refractivity contribution in [1.29, 1.82) is 0 Å². The van der Waals surface area contributed by atoms with Crippen LogP contribution in [0.1, 0.15) is 0 Å². The van der Waals surface area contributed by atoms with Crippen LogP contribution in [0.3, 0.4) is 0 Å². The third-order valence-electron chi connectivity index (χ3n) is 14.5. The molecule has 0 aliphatic carbocycles. The molecule has 0 saturated heterocycles. The molecule has 6 heteroatoms. The van der Waals surface area contributed by atoms with E-state index in [1.807, 2.05) is 18.5 Å². The van der Waals surface area contributed by atoms with Gasteiger partial charge in [-0.3, -0.25) is 9.55 Å². The Kier molecular flexibility index (Phi) is 10.2. The summed E-state index contributed by atoms with van der Waals surface area (Å²) in [6.07, 6.45) is 3.83. The van der Waals surface area contributed by atoms with Crippen LogP contribution in [0.4, 0.5) is 17.1 Å². The van der Waals surface area contributed by atoms with Crippen LogP contribution in [0.5, 0.6) is 0 Å². The second kappa shape index (κ2) is 17.1. The molecule has 0 unspecified atom stereocenters. The summed E-state index contributed by atoms with van der Waals surface area (Å²) in [5.41, 5.74) is 8.73. The van der Waals surface area contributed by atoms with Gasteiger partial charge in [-0.15, -0.1) is 0 Å². The van der Waals surface area contributed by atoms with Gasteiger partial charge in [-0.25, -0.2) is 4.98 Å². The van der Waals surface area contributed by atoms with Crippen LogP contribution in [0.25, 0.3) is 38.9 Å². The SMILES string of the molecule is c1ccc(N2c3ccccc3[Si](c3ccccc3)(c3ccccc3)c3c2ccc2c3c3cccnc3n2-c2cccc([Si](c3ccccc3)(c3ccccc3)c3cccc(-c4ccccn4)c3)c2)cc1. The van der Waals surface area contributed by atoms with E-state index in [9.17, 15) is 0 Å². The summed E-state index contributed by atoms with van der Waals surface area (Å²) >= 11 is 0. The molecule has 0 N–H and O–H groups in total. The topological polar surface area (TPSA) is 34.0 Å². The van der Waals surface area contributed by atoms with E-state index in [1.165, 1.54) is 58.3 Å². The lowest BCUT2D eigenvalue weighted by Crippen LogP contribution is -2.77. The van der Waals surface area contributed by atoms with Crippen LogP contribution < -0.4 is 46.4 Å². The average Bonchev–Trinajstić information content (AvgIpc) is 3.79. The van der Waals surface area contributed by atoms with Crippen LogP contribution >= 0.6 is 0 Å². The van der Waals surface area contributed by atoms with Crippen molar-refractivity contribution in [3.63, 3.8) is 0 Å². The van der Waals surface area contributed by atoms with Gasteiger partial charge < -0.3 is 4.90 Å². The molecule has 0 atom stereocenters. The number of fused-ring (bicyclic) bond motifs is 6. The molecule has 4 nitrogen and oxygen atoms in total. The zero-order valence-electron chi connectivity index (χ0n) is 38.3. The summed E-state index contributed by atoms with van der Waals surface area (Å²) < 4.78 is 2.44. The van der Waals surface area contributed by atoms with Crippen molar-refractivity contribution in [1.82, 2.24) is 14.5 Å². The molecular formula is C64H46N4Si2. The first-order chi connectivity index (χ1) is 34.8. The fraction of sp³-hybridized carbons (Fsp3) is 0. The molecule has 1 aliphatic rings. The van der Waals surface area contributed by atoms with Gasteiger partial charge in [0.2, 0.25) is 0 Å². The van der Waals surface area contributed by atoms with Crippen LogP contribution in [-0.2, 0) is 0 Å². The molecular weight excluding hydrogens is 881 g/mol. The first-order valence-electron chi connectivity index (χ1n) is 24.0. The Labute approximate surface area is 410 Å². The predicted molar refractivity (Wildman–Crippen MR) is 297 cm³/mol. The Morgan fingerprint density at radius 3 is 1.61 bits per heavy atom. The summed E-state index contributed by atoms with van der Waals surface area (Å²) in [6, 6.07) is 98.9. The number of hydrogen-bond donors (Lipinski definition) is 0. The number of aromatic nitrogens is 3. The summed E-state index contributed by atoms with van der Waals surface area (Å²) in [5, 5.41) is 13.0. The van der Waals surface area contributed by atoms with Crippen molar-refractivity contribution >= 4 is 96.6 Å². The number of benzene rings is 9. The Hall–Kier alpha value is -8.69. The molecule has 9 aromatic carbocycles. The Morgan fingerprint density at radius 2 is 0.943 bits per heavy atom. The predicted octanol–water partition coefficient (Wildman–Crippen LogP) is 9.78. The van der Waals surface area contributed by atoms with E-state index < -0.39 is 16.1 Å². The lowest BCUT2D eigenvalue weighted by molar-refractivity contribution is 1.14. The van der Waals surface area contributed by atoms with E-state index in [0.29, 0.717) is 0 Å². The van der Waals surface area contributed by atoms with Gasteiger partial charge in [-0.1, -0.05) is 200 Å². The molecule has 0 bridgehead atoms. The molecule has 13 rings (SSSR count). The molecule has 0 saturated carbocycles. The number of para-hydroxylation sites is 2. The van der Waals surface area contributed by atoms with Crippen LogP contribution in [-0.4, -0.2) is 30.7 Å². The standard InChI is InChI=1S/C64H46N4Si2/c1-6-24-48(25-7-1)67-58-39-16-17-40-61(58)70(52-31-12-4-13-32-52,53-33-14-5-15-34-53)63-60(67)42-41-59-62(63)56-37-22-44-66-64(56)68(59)49-26-21-36-55(46-49)69(50-27-8-2-9-28-50,51-29-10-3-11-30-51)54-35-20-23-47(45-54)57-38-18-19-43-65-57/h1-46H. The maximum absolute atomic E-state index is 5.34. The van der Waals surface area contributed by atoms with Gasteiger partial charge in [0.25, 0.3) is 0 Å². The smallest absolute Gasteiger partial charge is 0.184 e. The minimum Gasteiger partial charge on any atom is -0.311 e. The van der Waals surface area contributed by atoms with E-state index in [0.717, 1.165) is 39.2 Å². The second-order valence-electron chi connectivity index (χ2n) is 18.1. The fourth-order valence-corrected chi connectivity index (χ4v) is 21.8. The zero-order valence-corrected chi connectivity index (χ0v) is 40.3. The third-order valence-corrected chi connectivity index (χ3v) is 24.1. The van der Waals surface area contributed by atoms with E-state index in [-0.39, 0.29) is 0 Å². The quantitative estimate of drug-likeness (QED) is 0.107. The first-order valence-corrected chi connectivity index (χ1v) is 28.0. The zero-order chi connectivity index (χ0) is 46.5. The number of nitrogens with zero attached hydrogens (tertiary/aromatic N) is 4. The van der Waals surface area contributed by atoms with E-state index >= 15 is 0 Å². The van der Waals surface area contributed by atoms with Gasteiger partial charge in [0, 0.05) is 51.5 Å². The maximum atomic E-state index is 5.34. The second-order valence-corrected chi connectivity index (χ2v) is 25.6. The van der Waals surface area contributed by atoms with E-state index in [2.05, 4.69) is 270 Å². The van der Waals surface area contributed by atoms with Crippen LogP contribution in [0.2, 0.25) is 0 Å². The molecule has 3 aromatic heterocycles. The molecule has 0 fully saturated rings. The summed E-state index contributed by atoms with van der Waals surface area (Å²) in [7, 11) is -6.13. The normalized spacial score (nSPS) is 12.9. The van der Waals surface area contributed by atoms with Gasteiger partial charge in [0.05, 0.1) is 11.2 Å². The van der Waals surface area contributed by atoms with Crippen molar-refractivity contribution in [3.05, 3.63) is 279 Å². The highest BCUT2D eigenvalue weighted by Gasteiger charge is 2.50. The van der Waals surface area contributed by atoms with Gasteiger partial charge in [-0.2, -0.15) is 0 Å². The van der Waals surface area contributed by atoms with Gasteiger partial charge in [0.15, 0.2) is 16.1 Å². The molecule has 330 valence electrons. The minimum absolute atomic E-state index is 0.932. The van der Waals surface area contributed by atoms with Crippen molar-refractivity contribution in [3.8, 4) is 16.9 Å². The van der Waals surface area contributed by atoms with Gasteiger partial charge in [-0.05, 0) is 108 Å². The van der Waals surface area contributed by atoms with E-state index in [1.54, 1.807) is 0 Å². The number of pyridine rings is 2.